The molecule has 36 heavy (non-hydrogen) atoms. The first-order valence-corrected chi connectivity index (χ1v) is 12.4. The van der Waals surface area contributed by atoms with E-state index in [2.05, 4.69) is 5.32 Å². The molecule has 0 spiro atoms. The van der Waals surface area contributed by atoms with Crippen molar-refractivity contribution in [1.29, 1.82) is 0 Å². The number of carbonyl (C=O) groups excluding carboxylic acids is 3. The third-order valence-corrected chi connectivity index (χ3v) is 6.43. The molecule has 0 radical (unpaired) electrons. The van der Waals surface area contributed by atoms with Gasteiger partial charge in [-0.2, -0.15) is 0 Å². The summed E-state index contributed by atoms with van der Waals surface area (Å²) in [5.74, 6) is 0.353. The van der Waals surface area contributed by atoms with Gasteiger partial charge >= 0.3 is 0 Å². The van der Waals surface area contributed by atoms with Crippen LogP contribution in [0.15, 0.2) is 77.7 Å². The van der Waals surface area contributed by atoms with Gasteiger partial charge in [0.25, 0.3) is 11.1 Å². The Morgan fingerprint density at radius 3 is 2.33 bits per heavy atom. The van der Waals surface area contributed by atoms with Gasteiger partial charge in [-0.3, -0.25) is 19.3 Å². The van der Waals surface area contributed by atoms with Crippen LogP contribution in [0.25, 0.3) is 6.08 Å². The molecule has 3 aromatic rings. The van der Waals surface area contributed by atoms with E-state index in [0.29, 0.717) is 35.4 Å². The van der Waals surface area contributed by atoms with Crippen molar-refractivity contribution in [3.8, 4) is 11.5 Å². The van der Waals surface area contributed by atoms with Gasteiger partial charge < -0.3 is 14.8 Å². The predicted octanol–water partition coefficient (Wildman–Crippen LogP) is 5.99. The average Bonchev–Trinajstić information content (AvgIpc) is 3.13. The maximum Gasteiger partial charge on any atom is 0.294 e. The number of imide groups is 1. The molecule has 1 saturated heterocycles. The molecule has 0 aliphatic carbocycles. The van der Waals surface area contributed by atoms with Crippen molar-refractivity contribution in [3.05, 3.63) is 93.9 Å². The van der Waals surface area contributed by atoms with Crippen molar-refractivity contribution in [1.82, 2.24) is 4.90 Å². The van der Waals surface area contributed by atoms with Crippen molar-refractivity contribution in [2.45, 2.75) is 13.5 Å². The minimum Gasteiger partial charge on any atom is -0.494 e. The summed E-state index contributed by atoms with van der Waals surface area (Å²) >= 11 is 6.95. The van der Waals surface area contributed by atoms with Crippen LogP contribution < -0.4 is 14.8 Å². The zero-order valence-corrected chi connectivity index (χ0v) is 21.0. The van der Waals surface area contributed by atoms with Gasteiger partial charge in [0.1, 0.15) is 24.7 Å². The number of anilines is 1. The van der Waals surface area contributed by atoms with E-state index in [1.165, 1.54) is 0 Å². The highest BCUT2D eigenvalue weighted by atomic mass is 35.5. The smallest absolute Gasteiger partial charge is 0.294 e. The van der Waals surface area contributed by atoms with Gasteiger partial charge in [0, 0.05) is 16.3 Å². The lowest BCUT2D eigenvalue weighted by Crippen LogP contribution is -2.36. The number of halogens is 1. The lowest BCUT2D eigenvalue weighted by atomic mass is 10.2. The molecule has 184 valence electrons. The highest BCUT2D eigenvalue weighted by Gasteiger charge is 2.36. The lowest BCUT2D eigenvalue weighted by Gasteiger charge is -2.12. The zero-order valence-electron chi connectivity index (χ0n) is 19.4. The molecule has 1 fully saturated rings. The molecule has 0 aromatic heterocycles. The second-order valence-electron chi connectivity index (χ2n) is 7.72. The summed E-state index contributed by atoms with van der Waals surface area (Å²) < 4.78 is 11.1. The molecule has 0 atom stereocenters. The van der Waals surface area contributed by atoms with Crippen LogP contribution in [-0.2, 0) is 16.2 Å². The summed E-state index contributed by atoms with van der Waals surface area (Å²) in [4.78, 5) is 38.8. The van der Waals surface area contributed by atoms with Crippen molar-refractivity contribution in [3.63, 3.8) is 0 Å². The Hall–Kier alpha value is -3.75. The van der Waals surface area contributed by atoms with Gasteiger partial charge in [-0.25, -0.2) is 0 Å². The molecule has 0 unspecified atom stereocenters. The first-order chi connectivity index (χ1) is 17.4. The summed E-state index contributed by atoms with van der Waals surface area (Å²) in [6.07, 6.45) is 1.62. The van der Waals surface area contributed by atoms with Gasteiger partial charge in [-0.1, -0.05) is 41.9 Å². The Labute approximate surface area is 218 Å². The summed E-state index contributed by atoms with van der Waals surface area (Å²) in [7, 11) is 0. The molecule has 1 aliphatic rings. The van der Waals surface area contributed by atoms with Crippen LogP contribution in [0.1, 0.15) is 18.1 Å². The van der Waals surface area contributed by atoms with Crippen LogP contribution in [0.4, 0.5) is 10.5 Å². The van der Waals surface area contributed by atoms with Crippen LogP contribution in [0.2, 0.25) is 5.02 Å². The largest absolute Gasteiger partial charge is 0.494 e. The fourth-order valence-electron chi connectivity index (χ4n) is 3.37. The number of hydrogen-bond acceptors (Lipinski definition) is 6. The minimum atomic E-state index is -0.508. The molecule has 0 saturated carbocycles. The van der Waals surface area contributed by atoms with E-state index in [0.717, 1.165) is 27.8 Å². The van der Waals surface area contributed by atoms with Crippen molar-refractivity contribution >= 4 is 52.2 Å². The Morgan fingerprint density at radius 2 is 1.64 bits per heavy atom. The van der Waals surface area contributed by atoms with E-state index in [1.54, 1.807) is 60.7 Å². The van der Waals surface area contributed by atoms with E-state index in [-0.39, 0.29) is 11.4 Å². The Morgan fingerprint density at radius 1 is 0.972 bits per heavy atom. The van der Waals surface area contributed by atoms with Gasteiger partial charge in [-0.15, -0.1) is 0 Å². The minimum absolute atomic E-state index is 0.249. The first kappa shape index (κ1) is 25.3. The van der Waals surface area contributed by atoms with Gasteiger partial charge in [0.2, 0.25) is 5.91 Å². The SMILES string of the molecule is CCOc1ccc(NC(=O)CN2C(=O)S/C(=C/c3ccc(OCc4ccccc4Cl)cc3)C2=O)cc1. The molecule has 4 rings (SSSR count). The summed E-state index contributed by atoms with van der Waals surface area (Å²) in [5.41, 5.74) is 2.15. The molecule has 1 N–H and O–H groups in total. The summed E-state index contributed by atoms with van der Waals surface area (Å²) in [5, 5.41) is 2.83. The molecular weight excluding hydrogens is 500 g/mol. The third kappa shape index (κ3) is 6.47. The fraction of sp³-hybridized carbons (Fsp3) is 0.148. The molecule has 0 bridgehead atoms. The number of thioether (sulfide) groups is 1. The van der Waals surface area contributed by atoms with E-state index < -0.39 is 17.1 Å². The molecule has 1 heterocycles. The van der Waals surface area contributed by atoms with E-state index in [9.17, 15) is 14.4 Å². The van der Waals surface area contributed by atoms with Crippen molar-refractivity contribution in [2.24, 2.45) is 0 Å². The Bertz CT molecular complexity index is 1290. The highest BCUT2D eigenvalue weighted by Crippen LogP contribution is 2.32. The zero-order chi connectivity index (χ0) is 25.5. The van der Waals surface area contributed by atoms with Gasteiger partial charge in [0.15, 0.2) is 0 Å². The van der Waals surface area contributed by atoms with E-state index in [1.807, 2.05) is 25.1 Å². The third-order valence-electron chi connectivity index (χ3n) is 5.15. The average molecular weight is 523 g/mol. The van der Waals surface area contributed by atoms with Crippen LogP contribution in [-0.4, -0.2) is 35.1 Å². The van der Waals surface area contributed by atoms with Crippen LogP contribution in [0.3, 0.4) is 0 Å². The number of carbonyl (C=O) groups is 3. The molecule has 9 heteroatoms. The molecule has 3 amide bonds. The number of hydrogen-bond donors (Lipinski definition) is 1. The van der Waals surface area contributed by atoms with E-state index in [4.69, 9.17) is 21.1 Å². The monoisotopic (exact) mass is 522 g/mol. The first-order valence-electron chi connectivity index (χ1n) is 11.2. The van der Waals surface area contributed by atoms with Gasteiger partial charge in [-0.05, 0) is 72.8 Å². The molecule has 7 nitrogen and oxygen atoms in total. The second kappa shape index (κ2) is 11.8. The van der Waals surface area contributed by atoms with Crippen LogP contribution in [0.5, 0.6) is 11.5 Å². The Balaban J connectivity index is 1.34. The summed E-state index contributed by atoms with van der Waals surface area (Å²) in [6, 6.07) is 21.4. The summed E-state index contributed by atoms with van der Waals surface area (Å²) in [6.45, 7) is 2.38. The molecule has 1 aliphatic heterocycles. The van der Waals surface area contributed by atoms with Crippen LogP contribution in [0, 0.1) is 0 Å². The highest BCUT2D eigenvalue weighted by molar-refractivity contribution is 8.18. The van der Waals surface area contributed by atoms with Crippen molar-refractivity contribution in [2.75, 3.05) is 18.5 Å². The number of rotatable bonds is 9. The topological polar surface area (TPSA) is 84.9 Å². The maximum absolute atomic E-state index is 12.8. The molecule has 3 aromatic carbocycles. The number of nitrogens with zero attached hydrogens (tertiary/aromatic N) is 1. The standard InChI is InChI=1S/C27H23ClN2O5S/c1-2-34-21-13-9-20(10-14-21)29-25(31)16-30-26(32)24(36-27(30)33)15-18-7-11-22(12-8-18)35-17-19-5-3-4-6-23(19)28/h3-15H,2,16-17H2,1H3,(H,29,31)/b24-15+. The molecular formula is C27H23ClN2O5S. The van der Waals surface area contributed by atoms with E-state index >= 15 is 0 Å². The number of amides is 3. The maximum atomic E-state index is 12.8. The predicted molar refractivity (Wildman–Crippen MR) is 141 cm³/mol. The second-order valence-corrected chi connectivity index (χ2v) is 9.12. The van der Waals surface area contributed by atoms with Crippen molar-refractivity contribution < 1.29 is 23.9 Å². The number of ether oxygens (including phenoxy) is 2. The van der Waals surface area contributed by atoms with Crippen LogP contribution >= 0.6 is 23.4 Å². The number of nitrogens with one attached hydrogen (secondary N) is 1. The normalized spacial score (nSPS) is 14.3. The lowest BCUT2D eigenvalue weighted by molar-refractivity contribution is -0.127. The fourth-order valence-corrected chi connectivity index (χ4v) is 4.40. The van der Waals surface area contributed by atoms with Gasteiger partial charge in [0.05, 0.1) is 11.5 Å². The number of benzene rings is 3. The quantitative estimate of drug-likeness (QED) is 0.347. The Kier molecular flexibility index (Phi) is 8.30.